The predicted octanol–water partition coefficient (Wildman–Crippen LogP) is 4.28. The predicted molar refractivity (Wildman–Crippen MR) is 125 cm³/mol. The molecule has 3 aromatic rings. The minimum Gasteiger partial charge on any atom is -0.457 e. The quantitative estimate of drug-likeness (QED) is 0.431. The van der Waals surface area contributed by atoms with Crippen LogP contribution in [-0.4, -0.2) is 32.7 Å². The Hall–Kier alpha value is -3.20. The summed E-state index contributed by atoms with van der Waals surface area (Å²) in [5, 5.41) is 11.4. The van der Waals surface area contributed by atoms with Crippen molar-refractivity contribution in [1.29, 1.82) is 0 Å². The molecule has 0 bridgehead atoms. The van der Waals surface area contributed by atoms with Gasteiger partial charge in [-0.2, -0.15) is 0 Å². The summed E-state index contributed by atoms with van der Waals surface area (Å²) in [6, 6.07) is 20.4. The number of rotatable bonds is 6. The molecule has 1 aliphatic heterocycles. The van der Waals surface area contributed by atoms with Crippen LogP contribution in [0.5, 0.6) is 0 Å². The van der Waals surface area contributed by atoms with Crippen molar-refractivity contribution in [2.75, 3.05) is 11.9 Å². The lowest BCUT2D eigenvalue weighted by Crippen LogP contribution is -2.27. The molecule has 0 spiro atoms. The van der Waals surface area contributed by atoms with Crippen molar-refractivity contribution in [3.05, 3.63) is 83.0 Å². The molecular weight excluding hydrogens is 432 g/mol. The van der Waals surface area contributed by atoms with E-state index in [9.17, 15) is 9.59 Å². The maximum atomic E-state index is 12.8. The first-order valence-corrected chi connectivity index (χ1v) is 10.7. The second-order valence-corrected chi connectivity index (χ2v) is 8.41. The van der Waals surface area contributed by atoms with Crippen LogP contribution < -0.4 is 5.32 Å². The van der Waals surface area contributed by atoms with Crippen molar-refractivity contribution in [2.24, 2.45) is 0 Å². The van der Waals surface area contributed by atoms with Gasteiger partial charge in [0.25, 0.3) is 5.91 Å². The second-order valence-electron chi connectivity index (χ2n) is 6.74. The third-order valence-corrected chi connectivity index (χ3v) is 5.93. The molecule has 0 radical (unpaired) electrons. The Balaban J connectivity index is 1.47. The minimum atomic E-state index is -0.569. The van der Waals surface area contributed by atoms with Gasteiger partial charge in [-0.25, -0.2) is 0 Å². The monoisotopic (exact) mass is 450 g/mol. The molecule has 2 amide bonds. The summed E-state index contributed by atoms with van der Waals surface area (Å²) in [7, 11) is 0. The number of carbonyl (C=O) groups excluding carboxylic acids is 2. The van der Waals surface area contributed by atoms with Gasteiger partial charge in [0, 0.05) is 17.3 Å². The van der Waals surface area contributed by atoms with Crippen LogP contribution in [0.3, 0.4) is 0 Å². The van der Waals surface area contributed by atoms with Gasteiger partial charge in [-0.05, 0) is 42.0 Å². The standard InChI is InChI=1S/C23H18N2O4S2/c26-14-21(27)24-17-8-6-16(7-9-17)19-11-10-18(29-19)12-20-22(28)25(23(30)31-20)13-15-4-2-1-3-5-15/h1-12,26H,13-14H2,(H,24,27). The third-order valence-electron chi connectivity index (χ3n) is 4.55. The molecule has 2 N–H and O–H groups in total. The average Bonchev–Trinajstić information content (AvgIpc) is 3.35. The summed E-state index contributed by atoms with van der Waals surface area (Å²) in [5.74, 6) is 0.567. The lowest BCUT2D eigenvalue weighted by Gasteiger charge is -2.14. The van der Waals surface area contributed by atoms with Gasteiger partial charge in [0.2, 0.25) is 5.91 Å². The van der Waals surface area contributed by atoms with Crippen LogP contribution in [0.4, 0.5) is 5.69 Å². The fraction of sp³-hybridized carbons (Fsp3) is 0.0870. The van der Waals surface area contributed by atoms with Crippen LogP contribution in [-0.2, 0) is 16.1 Å². The van der Waals surface area contributed by atoms with Crippen LogP contribution in [0.1, 0.15) is 11.3 Å². The van der Waals surface area contributed by atoms with Gasteiger partial charge in [-0.15, -0.1) is 0 Å². The Morgan fingerprint density at radius 2 is 1.84 bits per heavy atom. The highest BCUT2D eigenvalue weighted by Crippen LogP contribution is 2.34. The molecule has 0 aliphatic carbocycles. The minimum absolute atomic E-state index is 0.138. The van der Waals surface area contributed by atoms with Crippen LogP contribution in [0, 0.1) is 0 Å². The van der Waals surface area contributed by atoms with E-state index in [0.717, 1.165) is 11.1 Å². The molecule has 1 aromatic heterocycles. The third kappa shape index (κ3) is 4.93. The number of furan rings is 1. The molecule has 1 fully saturated rings. The normalized spacial score (nSPS) is 15.0. The largest absolute Gasteiger partial charge is 0.457 e. The zero-order valence-corrected chi connectivity index (χ0v) is 17.9. The number of anilines is 1. The molecule has 0 unspecified atom stereocenters. The van der Waals surface area contributed by atoms with Gasteiger partial charge in [-0.1, -0.05) is 54.3 Å². The highest BCUT2D eigenvalue weighted by atomic mass is 32.2. The van der Waals surface area contributed by atoms with Crippen molar-refractivity contribution in [3.63, 3.8) is 0 Å². The summed E-state index contributed by atoms with van der Waals surface area (Å²) in [6.45, 7) is -0.133. The topological polar surface area (TPSA) is 82.8 Å². The summed E-state index contributed by atoms with van der Waals surface area (Å²) < 4.78 is 6.40. The Morgan fingerprint density at radius 1 is 1.10 bits per heavy atom. The van der Waals surface area contributed by atoms with E-state index < -0.39 is 12.5 Å². The number of thioether (sulfide) groups is 1. The van der Waals surface area contributed by atoms with E-state index in [0.29, 0.717) is 33.0 Å². The first-order valence-electron chi connectivity index (χ1n) is 9.44. The van der Waals surface area contributed by atoms with E-state index in [4.69, 9.17) is 21.7 Å². The molecule has 4 rings (SSSR count). The smallest absolute Gasteiger partial charge is 0.266 e. The number of amides is 2. The first-order chi connectivity index (χ1) is 15.0. The summed E-state index contributed by atoms with van der Waals surface area (Å²) in [4.78, 5) is 26.2. The second kappa shape index (κ2) is 9.30. The molecule has 8 heteroatoms. The summed E-state index contributed by atoms with van der Waals surface area (Å²) >= 11 is 6.65. The highest BCUT2D eigenvalue weighted by Gasteiger charge is 2.32. The maximum absolute atomic E-state index is 12.8. The number of aliphatic hydroxyl groups excluding tert-OH is 1. The maximum Gasteiger partial charge on any atom is 0.266 e. The Kier molecular flexibility index (Phi) is 6.31. The van der Waals surface area contributed by atoms with Crippen molar-refractivity contribution >= 4 is 51.9 Å². The zero-order valence-electron chi connectivity index (χ0n) is 16.3. The van der Waals surface area contributed by atoms with Crippen molar-refractivity contribution in [3.8, 4) is 11.3 Å². The molecule has 6 nitrogen and oxygen atoms in total. The molecule has 156 valence electrons. The van der Waals surface area contributed by atoms with Gasteiger partial charge in [0.15, 0.2) is 0 Å². The molecule has 1 saturated heterocycles. The van der Waals surface area contributed by atoms with Crippen molar-refractivity contribution in [1.82, 2.24) is 4.90 Å². The molecule has 31 heavy (non-hydrogen) atoms. The van der Waals surface area contributed by atoms with Crippen molar-refractivity contribution in [2.45, 2.75) is 6.54 Å². The molecular formula is C23H18N2O4S2. The van der Waals surface area contributed by atoms with Gasteiger partial charge in [0.1, 0.15) is 22.4 Å². The number of aliphatic hydroxyl groups is 1. The summed E-state index contributed by atoms with van der Waals surface area (Å²) in [6.07, 6.45) is 1.70. The van der Waals surface area contributed by atoms with E-state index in [1.807, 2.05) is 36.4 Å². The number of thiocarbonyl (C=S) groups is 1. The van der Waals surface area contributed by atoms with E-state index in [-0.39, 0.29) is 5.91 Å². The summed E-state index contributed by atoms with van der Waals surface area (Å²) in [5.41, 5.74) is 2.41. The fourth-order valence-corrected chi connectivity index (χ4v) is 4.27. The highest BCUT2D eigenvalue weighted by molar-refractivity contribution is 8.26. The van der Waals surface area contributed by atoms with Crippen LogP contribution >= 0.6 is 24.0 Å². The molecule has 1 aliphatic rings. The van der Waals surface area contributed by atoms with Crippen LogP contribution in [0.15, 0.2) is 76.1 Å². The average molecular weight is 451 g/mol. The van der Waals surface area contributed by atoms with E-state index in [1.54, 1.807) is 41.3 Å². The number of benzene rings is 2. The van der Waals surface area contributed by atoms with E-state index >= 15 is 0 Å². The number of nitrogens with zero attached hydrogens (tertiary/aromatic N) is 1. The lowest BCUT2D eigenvalue weighted by atomic mass is 10.1. The number of carbonyl (C=O) groups is 2. The Morgan fingerprint density at radius 3 is 2.55 bits per heavy atom. The molecule has 2 heterocycles. The van der Waals surface area contributed by atoms with Gasteiger partial charge in [0.05, 0.1) is 11.4 Å². The van der Waals surface area contributed by atoms with E-state index in [2.05, 4.69) is 5.32 Å². The van der Waals surface area contributed by atoms with Crippen LogP contribution in [0.25, 0.3) is 17.4 Å². The van der Waals surface area contributed by atoms with Crippen LogP contribution in [0.2, 0.25) is 0 Å². The number of hydrogen-bond acceptors (Lipinski definition) is 6. The van der Waals surface area contributed by atoms with Gasteiger partial charge in [-0.3, -0.25) is 14.5 Å². The Labute approximate surface area is 188 Å². The zero-order chi connectivity index (χ0) is 21.8. The van der Waals surface area contributed by atoms with Gasteiger partial charge < -0.3 is 14.8 Å². The van der Waals surface area contributed by atoms with E-state index in [1.165, 1.54) is 11.8 Å². The number of nitrogens with one attached hydrogen (secondary N) is 1. The lowest BCUT2D eigenvalue weighted by molar-refractivity contribution is -0.122. The fourth-order valence-electron chi connectivity index (χ4n) is 3.04. The molecule has 0 atom stereocenters. The Bertz CT molecular complexity index is 1150. The molecule has 0 saturated carbocycles. The molecule has 2 aromatic carbocycles. The number of hydrogen-bond donors (Lipinski definition) is 2. The van der Waals surface area contributed by atoms with Gasteiger partial charge >= 0.3 is 0 Å². The SMILES string of the molecule is O=C(CO)Nc1ccc(-c2ccc(C=C3SC(=S)N(Cc4ccccc4)C3=O)o2)cc1. The van der Waals surface area contributed by atoms with Crippen molar-refractivity contribution < 1.29 is 19.1 Å². The first kappa shape index (κ1) is 21.0.